The maximum atomic E-state index is 12.7. The lowest BCUT2D eigenvalue weighted by molar-refractivity contribution is 0.0941. The zero-order chi connectivity index (χ0) is 19.6. The Morgan fingerprint density at radius 2 is 1.96 bits per heavy atom. The summed E-state index contributed by atoms with van der Waals surface area (Å²) in [5, 5.41) is 7.71. The minimum absolute atomic E-state index is 0.0712. The van der Waals surface area contributed by atoms with Crippen LogP contribution in [-0.2, 0) is 5.54 Å². The van der Waals surface area contributed by atoms with Gasteiger partial charge in [0.1, 0.15) is 5.69 Å². The predicted octanol–water partition coefficient (Wildman–Crippen LogP) is 4.02. The monoisotopic (exact) mass is 368 g/mol. The number of anilines is 1. The first kappa shape index (κ1) is 19.5. The molecular weight excluding hydrogens is 336 g/mol. The van der Waals surface area contributed by atoms with E-state index in [2.05, 4.69) is 74.2 Å². The normalized spacial score (nSPS) is 17.6. The summed E-state index contributed by atoms with van der Waals surface area (Å²) in [5.41, 5.74) is 2.74. The molecule has 1 amide bonds. The van der Waals surface area contributed by atoms with Crippen LogP contribution in [0.5, 0.6) is 0 Å². The van der Waals surface area contributed by atoms with Crippen LogP contribution in [0.25, 0.3) is 0 Å². The standard InChI is InChI=1S/C22H32N4O/c1-16(2)20-13-19(24-26(20)22(3,4)5)21(27)23-14-17-11-12-25(15-17)18-9-7-6-8-10-18/h6-10,13,16-17H,11-12,14-15H2,1-5H3,(H,23,27)/t17-/m1/s1. The molecule has 146 valence electrons. The molecule has 2 heterocycles. The molecule has 0 unspecified atom stereocenters. The van der Waals surface area contributed by atoms with Gasteiger partial charge in [0, 0.05) is 31.0 Å². The molecule has 1 N–H and O–H groups in total. The van der Waals surface area contributed by atoms with Crippen LogP contribution in [0.2, 0.25) is 0 Å². The van der Waals surface area contributed by atoms with Gasteiger partial charge in [-0.05, 0) is 57.2 Å². The average Bonchev–Trinajstić information content (AvgIpc) is 3.27. The number of para-hydroxylation sites is 1. The van der Waals surface area contributed by atoms with Gasteiger partial charge in [-0.25, -0.2) is 0 Å². The van der Waals surface area contributed by atoms with Crippen LogP contribution >= 0.6 is 0 Å². The first-order valence-corrected chi connectivity index (χ1v) is 9.94. The summed E-state index contributed by atoms with van der Waals surface area (Å²) in [4.78, 5) is 15.1. The molecule has 0 spiro atoms. The van der Waals surface area contributed by atoms with Crippen LogP contribution < -0.4 is 10.2 Å². The number of rotatable bonds is 5. The van der Waals surface area contributed by atoms with Gasteiger partial charge in [0.2, 0.25) is 0 Å². The summed E-state index contributed by atoms with van der Waals surface area (Å²) >= 11 is 0. The molecule has 1 atom stereocenters. The van der Waals surface area contributed by atoms with Crippen LogP contribution in [0.3, 0.4) is 0 Å². The molecule has 5 nitrogen and oxygen atoms in total. The Balaban J connectivity index is 1.60. The van der Waals surface area contributed by atoms with E-state index in [1.165, 1.54) is 5.69 Å². The van der Waals surface area contributed by atoms with Crippen molar-refractivity contribution in [3.8, 4) is 0 Å². The fraction of sp³-hybridized carbons (Fsp3) is 0.545. The number of hydrogen-bond acceptors (Lipinski definition) is 3. The van der Waals surface area contributed by atoms with Crippen LogP contribution in [0.4, 0.5) is 5.69 Å². The summed E-state index contributed by atoms with van der Waals surface area (Å²) < 4.78 is 1.99. The zero-order valence-electron chi connectivity index (χ0n) is 17.2. The molecule has 0 saturated carbocycles. The Kier molecular flexibility index (Phi) is 5.59. The number of carbonyl (C=O) groups excluding carboxylic acids is 1. The van der Waals surface area contributed by atoms with Crippen LogP contribution in [-0.4, -0.2) is 35.3 Å². The van der Waals surface area contributed by atoms with E-state index in [0.717, 1.165) is 25.2 Å². The number of nitrogens with zero attached hydrogens (tertiary/aromatic N) is 3. The van der Waals surface area contributed by atoms with Gasteiger partial charge in [-0.3, -0.25) is 9.48 Å². The van der Waals surface area contributed by atoms with Crippen LogP contribution in [0, 0.1) is 5.92 Å². The van der Waals surface area contributed by atoms with E-state index in [4.69, 9.17) is 0 Å². The molecule has 0 radical (unpaired) electrons. The lowest BCUT2D eigenvalue weighted by atomic mass is 10.1. The Hall–Kier alpha value is -2.30. The highest BCUT2D eigenvalue weighted by Gasteiger charge is 2.26. The third-order valence-corrected chi connectivity index (χ3v) is 5.15. The maximum absolute atomic E-state index is 12.7. The van der Waals surface area contributed by atoms with Crippen molar-refractivity contribution in [2.45, 2.75) is 52.5 Å². The summed E-state index contributed by atoms with van der Waals surface area (Å²) in [6, 6.07) is 12.4. The summed E-state index contributed by atoms with van der Waals surface area (Å²) in [7, 11) is 0. The van der Waals surface area contributed by atoms with E-state index in [0.29, 0.717) is 24.1 Å². The summed E-state index contributed by atoms with van der Waals surface area (Å²) in [6.45, 7) is 13.3. The van der Waals surface area contributed by atoms with Gasteiger partial charge in [0.15, 0.2) is 0 Å². The lowest BCUT2D eigenvalue weighted by Gasteiger charge is -2.23. The zero-order valence-corrected chi connectivity index (χ0v) is 17.2. The van der Waals surface area contributed by atoms with Crippen LogP contribution in [0.1, 0.15) is 63.1 Å². The third kappa shape index (κ3) is 4.52. The van der Waals surface area contributed by atoms with Crippen molar-refractivity contribution in [1.29, 1.82) is 0 Å². The smallest absolute Gasteiger partial charge is 0.271 e. The van der Waals surface area contributed by atoms with Crippen molar-refractivity contribution in [2.75, 3.05) is 24.5 Å². The number of hydrogen-bond donors (Lipinski definition) is 1. The van der Waals surface area contributed by atoms with E-state index in [-0.39, 0.29) is 11.4 Å². The van der Waals surface area contributed by atoms with Gasteiger partial charge in [0.05, 0.1) is 5.54 Å². The van der Waals surface area contributed by atoms with Crippen molar-refractivity contribution >= 4 is 11.6 Å². The highest BCUT2D eigenvalue weighted by Crippen LogP contribution is 2.25. The molecule has 1 saturated heterocycles. The van der Waals surface area contributed by atoms with Crippen molar-refractivity contribution in [3.05, 3.63) is 47.8 Å². The fourth-order valence-corrected chi connectivity index (χ4v) is 3.66. The second-order valence-corrected chi connectivity index (χ2v) is 8.84. The maximum Gasteiger partial charge on any atom is 0.271 e. The number of carbonyl (C=O) groups is 1. The Bertz CT molecular complexity index is 773. The molecule has 1 aliphatic heterocycles. The minimum atomic E-state index is -0.139. The Labute approximate surface area is 162 Å². The predicted molar refractivity (Wildman–Crippen MR) is 110 cm³/mol. The SMILES string of the molecule is CC(C)c1cc(C(=O)NC[C@H]2CCN(c3ccccc3)C2)nn1C(C)(C)C. The van der Waals surface area contributed by atoms with Gasteiger partial charge >= 0.3 is 0 Å². The molecule has 1 fully saturated rings. The molecule has 27 heavy (non-hydrogen) atoms. The van der Waals surface area contributed by atoms with Gasteiger partial charge in [-0.1, -0.05) is 32.0 Å². The fourth-order valence-electron chi connectivity index (χ4n) is 3.66. The quantitative estimate of drug-likeness (QED) is 0.867. The van der Waals surface area contributed by atoms with E-state index in [1.54, 1.807) is 0 Å². The molecule has 1 aromatic carbocycles. The summed E-state index contributed by atoms with van der Waals surface area (Å²) in [5.74, 6) is 0.731. The van der Waals surface area contributed by atoms with Gasteiger partial charge < -0.3 is 10.2 Å². The van der Waals surface area contributed by atoms with E-state index >= 15 is 0 Å². The molecular formula is C22H32N4O. The topological polar surface area (TPSA) is 50.2 Å². The van der Waals surface area contributed by atoms with Crippen molar-refractivity contribution in [1.82, 2.24) is 15.1 Å². The van der Waals surface area contributed by atoms with Gasteiger partial charge in [0.25, 0.3) is 5.91 Å². The number of nitrogens with one attached hydrogen (secondary N) is 1. The molecule has 0 bridgehead atoms. The highest BCUT2D eigenvalue weighted by molar-refractivity contribution is 5.92. The van der Waals surface area contributed by atoms with E-state index in [1.807, 2.05) is 16.8 Å². The second-order valence-electron chi connectivity index (χ2n) is 8.84. The van der Waals surface area contributed by atoms with Crippen LogP contribution in [0.15, 0.2) is 36.4 Å². The summed E-state index contributed by atoms with van der Waals surface area (Å²) in [6.07, 6.45) is 1.10. The first-order chi connectivity index (χ1) is 12.8. The van der Waals surface area contributed by atoms with Crippen molar-refractivity contribution in [3.63, 3.8) is 0 Å². The lowest BCUT2D eigenvalue weighted by Crippen LogP contribution is -2.32. The van der Waals surface area contributed by atoms with Crippen molar-refractivity contribution in [2.24, 2.45) is 5.92 Å². The van der Waals surface area contributed by atoms with Gasteiger partial charge in [-0.15, -0.1) is 0 Å². The minimum Gasteiger partial charge on any atom is -0.371 e. The second kappa shape index (κ2) is 7.75. The largest absolute Gasteiger partial charge is 0.371 e. The highest BCUT2D eigenvalue weighted by atomic mass is 16.1. The number of benzene rings is 1. The molecule has 1 aliphatic rings. The Morgan fingerprint density at radius 1 is 1.26 bits per heavy atom. The molecule has 5 heteroatoms. The number of amides is 1. The first-order valence-electron chi connectivity index (χ1n) is 9.94. The molecule has 0 aliphatic carbocycles. The Morgan fingerprint density at radius 3 is 2.56 bits per heavy atom. The molecule has 2 aromatic rings. The average molecular weight is 369 g/mol. The molecule has 3 rings (SSSR count). The van der Waals surface area contributed by atoms with Crippen molar-refractivity contribution < 1.29 is 4.79 Å². The van der Waals surface area contributed by atoms with E-state index in [9.17, 15) is 4.79 Å². The van der Waals surface area contributed by atoms with Gasteiger partial charge in [-0.2, -0.15) is 5.10 Å². The molecule has 1 aromatic heterocycles. The number of aromatic nitrogens is 2. The van der Waals surface area contributed by atoms with E-state index < -0.39 is 0 Å². The third-order valence-electron chi connectivity index (χ3n) is 5.15.